The Bertz CT molecular complexity index is 812. The molecule has 3 rings (SSSR count). The van der Waals surface area contributed by atoms with Crippen molar-refractivity contribution in [1.29, 1.82) is 0 Å². The molecule has 0 aliphatic carbocycles. The molecule has 1 aromatic heterocycles. The Hall–Kier alpha value is -2.95. The van der Waals surface area contributed by atoms with Gasteiger partial charge in [0, 0.05) is 12.0 Å². The molecule has 1 heterocycles. The number of carbonyl (C=O) groups is 1. The molecule has 2 aromatic carbocycles. The molecule has 0 bridgehead atoms. The molecule has 0 fully saturated rings. The van der Waals surface area contributed by atoms with E-state index in [1.54, 1.807) is 0 Å². The minimum atomic E-state index is -0.0332. The highest BCUT2D eigenvalue weighted by Gasteiger charge is 2.10. The first-order chi connectivity index (χ1) is 11.7. The van der Waals surface area contributed by atoms with Crippen LogP contribution in [0.2, 0.25) is 0 Å². The van der Waals surface area contributed by atoms with E-state index >= 15 is 0 Å². The number of nitrogens with one attached hydrogen (secondary N) is 1. The van der Waals surface area contributed by atoms with Gasteiger partial charge in [0.05, 0.1) is 6.54 Å². The molecule has 5 nitrogen and oxygen atoms in total. The fraction of sp³-hybridized carbons (Fsp3) is 0.211. The second-order valence-electron chi connectivity index (χ2n) is 5.63. The smallest absolute Gasteiger partial charge is 0.247 e. The highest BCUT2D eigenvalue weighted by Crippen LogP contribution is 2.18. The number of aryl methyl sites for hydroxylation is 2. The molecule has 0 radical (unpaired) electrons. The molecule has 0 atom stereocenters. The average molecular weight is 321 g/mol. The lowest BCUT2D eigenvalue weighted by Crippen LogP contribution is -2.23. The minimum Gasteiger partial charge on any atom is -0.419 e. The maximum atomic E-state index is 11.9. The van der Waals surface area contributed by atoms with E-state index < -0.39 is 0 Å². The van der Waals surface area contributed by atoms with Crippen molar-refractivity contribution in [1.82, 2.24) is 15.5 Å². The molecule has 0 aliphatic heterocycles. The van der Waals surface area contributed by atoms with Crippen LogP contribution in [0.4, 0.5) is 0 Å². The number of rotatable bonds is 6. The van der Waals surface area contributed by atoms with E-state index in [1.165, 1.54) is 0 Å². The van der Waals surface area contributed by atoms with Gasteiger partial charge in [-0.15, -0.1) is 10.2 Å². The monoisotopic (exact) mass is 321 g/mol. The summed E-state index contributed by atoms with van der Waals surface area (Å²) in [7, 11) is 0. The van der Waals surface area contributed by atoms with Crippen molar-refractivity contribution in [3.8, 4) is 11.5 Å². The van der Waals surface area contributed by atoms with Gasteiger partial charge >= 0.3 is 0 Å². The fourth-order valence-electron chi connectivity index (χ4n) is 2.38. The first-order valence-electron chi connectivity index (χ1n) is 7.91. The number of aromatic nitrogens is 2. The summed E-state index contributed by atoms with van der Waals surface area (Å²) >= 11 is 0. The molecule has 0 saturated heterocycles. The molecule has 0 unspecified atom stereocenters. The van der Waals surface area contributed by atoms with Crippen LogP contribution in [-0.4, -0.2) is 16.1 Å². The van der Waals surface area contributed by atoms with E-state index in [9.17, 15) is 4.79 Å². The predicted octanol–water partition coefficient (Wildman–Crippen LogP) is 3.29. The van der Waals surface area contributed by atoms with E-state index in [4.69, 9.17) is 4.42 Å². The van der Waals surface area contributed by atoms with Gasteiger partial charge in [0.2, 0.25) is 17.7 Å². The Balaban J connectivity index is 1.51. The van der Waals surface area contributed by atoms with Gasteiger partial charge in [-0.1, -0.05) is 48.0 Å². The lowest BCUT2D eigenvalue weighted by Gasteiger charge is -2.02. The largest absolute Gasteiger partial charge is 0.419 e. The van der Waals surface area contributed by atoms with Crippen LogP contribution in [0.5, 0.6) is 0 Å². The van der Waals surface area contributed by atoms with Gasteiger partial charge in [-0.2, -0.15) is 0 Å². The summed E-state index contributed by atoms with van der Waals surface area (Å²) in [5, 5.41) is 10.8. The summed E-state index contributed by atoms with van der Waals surface area (Å²) < 4.78 is 5.60. The molecular formula is C19H19N3O2. The average Bonchev–Trinajstić information content (AvgIpc) is 3.08. The Morgan fingerprint density at radius 1 is 1.08 bits per heavy atom. The third kappa shape index (κ3) is 4.29. The van der Waals surface area contributed by atoms with E-state index in [1.807, 2.05) is 61.5 Å². The van der Waals surface area contributed by atoms with Gasteiger partial charge in [-0.05, 0) is 31.0 Å². The zero-order chi connectivity index (χ0) is 16.8. The van der Waals surface area contributed by atoms with Gasteiger partial charge in [-0.3, -0.25) is 4.79 Å². The third-order valence-corrected chi connectivity index (χ3v) is 3.65. The lowest BCUT2D eigenvalue weighted by atomic mass is 10.1. The van der Waals surface area contributed by atoms with Crippen LogP contribution in [0.15, 0.2) is 59.0 Å². The second kappa shape index (κ2) is 7.55. The zero-order valence-electron chi connectivity index (χ0n) is 13.5. The van der Waals surface area contributed by atoms with Crippen molar-refractivity contribution >= 4 is 5.91 Å². The predicted molar refractivity (Wildman–Crippen MR) is 91.1 cm³/mol. The quantitative estimate of drug-likeness (QED) is 0.756. The summed E-state index contributed by atoms with van der Waals surface area (Å²) in [6, 6.07) is 17.8. The van der Waals surface area contributed by atoms with Crippen LogP contribution in [0, 0.1) is 6.92 Å². The summed E-state index contributed by atoms with van der Waals surface area (Å²) in [5.41, 5.74) is 3.15. The Morgan fingerprint density at radius 3 is 2.71 bits per heavy atom. The molecular weight excluding hydrogens is 302 g/mol. The van der Waals surface area contributed by atoms with E-state index in [-0.39, 0.29) is 12.5 Å². The van der Waals surface area contributed by atoms with Crippen molar-refractivity contribution in [2.75, 3.05) is 0 Å². The van der Waals surface area contributed by atoms with Crippen molar-refractivity contribution in [3.63, 3.8) is 0 Å². The number of nitrogens with zero attached hydrogens (tertiary/aromatic N) is 2. The number of carbonyl (C=O) groups excluding carboxylic acids is 1. The summed E-state index contributed by atoms with van der Waals surface area (Å²) in [6.45, 7) is 2.25. The van der Waals surface area contributed by atoms with Gasteiger partial charge in [0.25, 0.3) is 0 Å². The molecule has 0 aliphatic rings. The Labute approximate surface area is 140 Å². The molecule has 1 N–H and O–H groups in total. The van der Waals surface area contributed by atoms with Gasteiger partial charge < -0.3 is 9.73 Å². The fourth-order valence-corrected chi connectivity index (χ4v) is 2.38. The van der Waals surface area contributed by atoms with Crippen LogP contribution in [0.3, 0.4) is 0 Å². The number of hydrogen-bond donors (Lipinski definition) is 1. The molecule has 0 saturated carbocycles. The standard InChI is InChI=1S/C19H19N3O2/c1-14-6-5-9-16(12-14)19-22-21-18(24-19)13-20-17(23)11-10-15-7-3-2-4-8-15/h2-9,12H,10-11,13H2,1H3,(H,20,23). The van der Waals surface area contributed by atoms with E-state index in [2.05, 4.69) is 15.5 Å². The highest BCUT2D eigenvalue weighted by atomic mass is 16.4. The van der Waals surface area contributed by atoms with Crippen LogP contribution in [0.25, 0.3) is 11.5 Å². The number of benzene rings is 2. The van der Waals surface area contributed by atoms with Gasteiger partial charge in [-0.25, -0.2) is 0 Å². The SMILES string of the molecule is Cc1cccc(-c2nnc(CNC(=O)CCc3ccccc3)o2)c1. The molecule has 24 heavy (non-hydrogen) atoms. The van der Waals surface area contributed by atoms with Crippen LogP contribution >= 0.6 is 0 Å². The topological polar surface area (TPSA) is 68.0 Å². The maximum absolute atomic E-state index is 11.9. The van der Waals surface area contributed by atoms with Crippen LogP contribution in [0.1, 0.15) is 23.4 Å². The molecule has 122 valence electrons. The third-order valence-electron chi connectivity index (χ3n) is 3.65. The van der Waals surface area contributed by atoms with Gasteiger partial charge in [0.1, 0.15) is 0 Å². The minimum absolute atomic E-state index is 0.0332. The second-order valence-corrected chi connectivity index (χ2v) is 5.63. The van der Waals surface area contributed by atoms with Crippen LogP contribution < -0.4 is 5.32 Å². The highest BCUT2D eigenvalue weighted by molar-refractivity contribution is 5.76. The first kappa shape index (κ1) is 15.9. The number of hydrogen-bond acceptors (Lipinski definition) is 4. The van der Waals surface area contributed by atoms with Crippen molar-refractivity contribution in [3.05, 3.63) is 71.6 Å². The first-order valence-corrected chi connectivity index (χ1v) is 7.91. The molecule has 1 amide bonds. The maximum Gasteiger partial charge on any atom is 0.247 e. The summed E-state index contributed by atoms with van der Waals surface area (Å²) in [5.74, 6) is 0.834. The zero-order valence-corrected chi connectivity index (χ0v) is 13.5. The molecule has 5 heteroatoms. The van der Waals surface area contributed by atoms with E-state index in [0.717, 1.165) is 16.7 Å². The van der Waals surface area contributed by atoms with Crippen molar-refractivity contribution in [2.24, 2.45) is 0 Å². The van der Waals surface area contributed by atoms with Crippen molar-refractivity contribution in [2.45, 2.75) is 26.3 Å². The normalized spacial score (nSPS) is 10.5. The molecule has 3 aromatic rings. The molecule has 0 spiro atoms. The Morgan fingerprint density at radius 2 is 1.92 bits per heavy atom. The van der Waals surface area contributed by atoms with Crippen LogP contribution in [-0.2, 0) is 17.8 Å². The Kier molecular flexibility index (Phi) is 5.01. The van der Waals surface area contributed by atoms with E-state index in [0.29, 0.717) is 24.6 Å². The van der Waals surface area contributed by atoms with Crippen molar-refractivity contribution < 1.29 is 9.21 Å². The summed E-state index contributed by atoms with van der Waals surface area (Å²) in [4.78, 5) is 11.9. The lowest BCUT2D eigenvalue weighted by molar-refractivity contribution is -0.121. The summed E-state index contributed by atoms with van der Waals surface area (Å²) in [6.07, 6.45) is 1.15. The van der Waals surface area contributed by atoms with Gasteiger partial charge in [0.15, 0.2) is 0 Å². The number of amides is 1.